The minimum atomic E-state index is -0.604. The molecular weight excluding hydrogens is 254 g/mol. The molecule has 2 saturated carbocycles. The molecule has 0 aromatic rings. The van der Waals surface area contributed by atoms with Gasteiger partial charge in [-0.15, -0.1) is 0 Å². The van der Waals surface area contributed by atoms with Gasteiger partial charge in [0, 0.05) is 12.6 Å². The summed E-state index contributed by atoms with van der Waals surface area (Å²) in [6.07, 6.45) is 9.98. The lowest BCUT2D eigenvalue weighted by atomic mass is 9.74. The molecule has 3 rings (SSSR count). The Balaban J connectivity index is 1.38. The molecule has 4 nitrogen and oxygen atoms in total. The summed E-state index contributed by atoms with van der Waals surface area (Å²) in [4.78, 5) is 10.9. The lowest BCUT2D eigenvalue weighted by molar-refractivity contribution is -0.143. The first-order valence-corrected chi connectivity index (χ1v) is 8.27. The van der Waals surface area contributed by atoms with E-state index in [1.54, 1.807) is 0 Å². The molecule has 1 unspecified atom stereocenters. The second-order valence-corrected chi connectivity index (χ2v) is 7.04. The fraction of sp³-hybridized carbons (Fsp3) is 0.938. The van der Waals surface area contributed by atoms with Gasteiger partial charge in [-0.2, -0.15) is 0 Å². The van der Waals surface area contributed by atoms with Crippen molar-refractivity contribution >= 4 is 5.97 Å². The molecule has 0 amide bonds. The molecule has 4 heteroatoms. The van der Waals surface area contributed by atoms with E-state index in [4.69, 9.17) is 9.84 Å². The zero-order valence-corrected chi connectivity index (χ0v) is 12.3. The number of aliphatic carboxylic acids is 1. The van der Waals surface area contributed by atoms with Crippen molar-refractivity contribution in [2.45, 2.75) is 69.4 Å². The summed E-state index contributed by atoms with van der Waals surface area (Å²) in [5.41, 5.74) is 0.219. The highest BCUT2D eigenvalue weighted by Gasteiger charge is 2.42. The Labute approximate surface area is 121 Å². The zero-order chi connectivity index (χ0) is 14.0. The summed E-state index contributed by atoms with van der Waals surface area (Å²) in [5.74, 6) is -0.0221. The third-order valence-electron chi connectivity index (χ3n) is 5.65. The molecule has 2 N–H and O–H groups in total. The number of carboxylic acids is 1. The average molecular weight is 281 g/mol. The van der Waals surface area contributed by atoms with E-state index in [2.05, 4.69) is 5.32 Å². The molecule has 0 bridgehead atoms. The molecule has 0 aromatic carbocycles. The van der Waals surface area contributed by atoms with Crippen molar-refractivity contribution in [2.24, 2.45) is 11.8 Å². The second kappa shape index (κ2) is 6.02. The van der Waals surface area contributed by atoms with E-state index in [0.717, 1.165) is 45.3 Å². The maximum atomic E-state index is 10.9. The van der Waals surface area contributed by atoms with E-state index >= 15 is 0 Å². The van der Waals surface area contributed by atoms with E-state index in [0.29, 0.717) is 12.0 Å². The summed E-state index contributed by atoms with van der Waals surface area (Å²) in [6, 6.07) is 0.612. The van der Waals surface area contributed by atoms with Crippen LogP contribution in [0.15, 0.2) is 0 Å². The SMILES string of the molecule is O=C(O)C1CCC(CNC2CCOC3(CCC3)C2)CC1. The average Bonchev–Trinajstić information content (AvgIpc) is 2.44. The van der Waals surface area contributed by atoms with Gasteiger partial charge in [-0.05, 0) is 70.3 Å². The van der Waals surface area contributed by atoms with Crippen molar-refractivity contribution in [3.63, 3.8) is 0 Å². The van der Waals surface area contributed by atoms with Crippen molar-refractivity contribution in [2.75, 3.05) is 13.2 Å². The van der Waals surface area contributed by atoms with Crippen LogP contribution in [0.3, 0.4) is 0 Å². The van der Waals surface area contributed by atoms with Crippen LogP contribution in [0.4, 0.5) is 0 Å². The van der Waals surface area contributed by atoms with Crippen LogP contribution in [0.1, 0.15) is 57.8 Å². The van der Waals surface area contributed by atoms with Gasteiger partial charge in [0.05, 0.1) is 11.5 Å². The van der Waals surface area contributed by atoms with Gasteiger partial charge in [-0.1, -0.05) is 0 Å². The third kappa shape index (κ3) is 3.17. The molecular formula is C16H27NO3. The molecule has 1 spiro atoms. The van der Waals surface area contributed by atoms with Crippen LogP contribution in [0.5, 0.6) is 0 Å². The number of carbonyl (C=O) groups is 1. The fourth-order valence-electron chi connectivity index (χ4n) is 4.07. The van der Waals surface area contributed by atoms with Crippen molar-refractivity contribution in [1.82, 2.24) is 5.32 Å². The van der Waals surface area contributed by atoms with E-state index in [1.165, 1.54) is 25.7 Å². The van der Waals surface area contributed by atoms with E-state index in [9.17, 15) is 4.79 Å². The highest BCUT2D eigenvalue weighted by Crippen LogP contribution is 2.42. The topological polar surface area (TPSA) is 58.6 Å². The van der Waals surface area contributed by atoms with Gasteiger partial charge in [-0.25, -0.2) is 0 Å². The Morgan fingerprint density at radius 2 is 1.95 bits per heavy atom. The van der Waals surface area contributed by atoms with Crippen LogP contribution in [0, 0.1) is 11.8 Å². The van der Waals surface area contributed by atoms with Gasteiger partial charge in [0.1, 0.15) is 0 Å². The van der Waals surface area contributed by atoms with Crippen LogP contribution in [-0.4, -0.2) is 35.9 Å². The number of nitrogens with one attached hydrogen (secondary N) is 1. The van der Waals surface area contributed by atoms with Gasteiger partial charge >= 0.3 is 5.97 Å². The van der Waals surface area contributed by atoms with Crippen molar-refractivity contribution < 1.29 is 14.6 Å². The first-order chi connectivity index (χ1) is 9.67. The second-order valence-electron chi connectivity index (χ2n) is 7.04. The quantitative estimate of drug-likeness (QED) is 0.831. The molecule has 20 heavy (non-hydrogen) atoms. The molecule has 3 fully saturated rings. The molecule has 114 valence electrons. The minimum Gasteiger partial charge on any atom is -0.481 e. The van der Waals surface area contributed by atoms with E-state index in [-0.39, 0.29) is 11.5 Å². The maximum absolute atomic E-state index is 10.9. The van der Waals surface area contributed by atoms with E-state index in [1.807, 2.05) is 0 Å². The Morgan fingerprint density at radius 1 is 1.20 bits per heavy atom. The van der Waals surface area contributed by atoms with Gasteiger partial charge < -0.3 is 15.2 Å². The number of ether oxygens (including phenoxy) is 1. The Hall–Kier alpha value is -0.610. The molecule has 1 aliphatic heterocycles. The first-order valence-electron chi connectivity index (χ1n) is 8.27. The van der Waals surface area contributed by atoms with Gasteiger partial charge in [0.2, 0.25) is 0 Å². The molecule has 1 saturated heterocycles. The molecule has 1 atom stereocenters. The van der Waals surface area contributed by atoms with Crippen LogP contribution < -0.4 is 5.32 Å². The largest absolute Gasteiger partial charge is 0.481 e. The molecule has 3 aliphatic rings. The summed E-state index contributed by atoms with van der Waals surface area (Å²) in [7, 11) is 0. The Kier molecular flexibility index (Phi) is 4.32. The van der Waals surface area contributed by atoms with Gasteiger partial charge in [0.15, 0.2) is 0 Å². The van der Waals surface area contributed by atoms with Crippen molar-refractivity contribution in [3.05, 3.63) is 0 Å². The van der Waals surface area contributed by atoms with Crippen molar-refractivity contribution in [3.8, 4) is 0 Å². The standard InChI is InChI=1S/C16H27NO3/c18-15(19)13-4-2-12(3-5-13)11-17-14-6-9-20-16(10-14)7-1-8-16/h12-14,17H,1-11H2,(H,18,19). The smallest absolute Gasteiger partial charge is 0.306 e. The number of hydrogen-bond donors (Lipinski definition) is 2. The normalized spacial score (nSPS) is 36.5. The Morgan fingerprint density at radius 3 is 2.55 bits per heavy atom. The summed E-state index contributed by atoms with van der Waals surface area (Å²) in [5, 5.41) is 12.8. The molecule has 1 heterocycles. The highest BCUT2D eigenvalue weighted by atomic mass is 16.5. The van der Waals surface area contributed by atoms with Gasteiger partial charge in [0.25, 0.3) is 0 Å². The number of carboxylic acid groups (broad SMARTS) is 1. The number of rotatable bonds is 4. The monoisotopic (exact) mass is 281 g/mol. The Bertz CT molecular complexity index is 346. The molecule has 0 radical (unpaired) electrons. The lowest BCUT2D eigenvalue weighted by Gasteiger charge is -2.47. The first kappa shape index (κ1) is 14.3. The zero-order valence-electron chi connectivity index (χ0n) is 12.3. The van der Waals surface area contributed by atoms with Crippen LogP contribution in [0.2, 0.25) is 0 Å². The number of hydrogen-bond acceptors (Lipinski definition) is 3. The lowest BCUT2D eigenvalue weighted by Crippen LogP contribution is -2.51. The highest BCUT2D eigenvalue weighted by molar-refractivity contribution is 5.69. The van der Waals surface area contributed by atoms with Crippen LogP contribution in [-0.2, 0) is 9.53 Å². The predicted molar refractivity (Wildman–Crippen MR) is 76.6 cm³/mol. The maximum Gasteiger partial charge on any atom is 0.306 e. The van der Waals surface area contributed by atoms with E-state index < -0.39 is 5.97 Å². The third-order valence-corrected chi connectivity index (χ3v) is 5.65. The van der Waals surface area contributed by atoms with Crippen LogP contribution >= 0.6 is 0 Å². The fourth-order valence-corrected chi connectivity index (χ4v) is 4.07. The van der Waals surface area contributed by atoms with Gasteiger partial charge in [-0.3, -0.25) is 4.79 Å². The summed E-state index contributed by atoms with van der Waals surface area (Å²) < 4.78 is 5.96. The van der Waals surface area contributed by atoms with Crippen LogP contribution in [0.25, 0.3) is 0 Å². The molecule has 2 aliphatic carbocycles. The van der Waals surface area contributed by atoms with Crippen molar-refractivity contribution in [1.29, 1.82) is 0 Å². The predicted octanol–water partition coefficient (Wildman–Crippen LogP) is 2.57. The minimum absolute atomic E-state index is 0.0902. The summed E-state index contributed by atoms with van der Waals surface area (Å²) >= 11 is 0. The molecule has 0 aromatic heterocycles. The summed E-state index contributed by atoms with van der Waals surface area (Å²) in [6.45, 7) is 1.97.